The zero-order chi connectivity index (χ0) is 18.8. The Bertz CT molecular complexity index is 517. The van der Waals surface area contributed by atoms with Crippen LogP contribution in [-0.2, 0) is 12.0 Å². The van der Waals surface area contributed by atoms with Gasteiger partial charge in [-0.25, -0.2) is 0 Å². The number of nitrogens with zero attached hydrogens (tertiary/aromatic N) is 1. The molecule has 26 heavy (non-hydrogen) atoms. The van der Waals surface area contributed by atoms with Crippen molar-refractivity contribution in [2.75, 3.05) is 13.3 Å². The van der Waals surface area contributed by atoms with Gasteiger partial charge in [0.15, 0.2) is 0 Å². The fourth-order valence-corrected chi connectivity index (χ4v) is 3.72. The van der Waals surface area contributed by atoms with E-state index in [0.29, 0.717) is 0 Å². The third kappa shape index (κ3) is 7.31. The third-order valence-electron chi connectivity index (χ3n) is 5.55. The minimum Gasteiger partial charge on any atom is -0.478 e. The summed E-state index contributed by atoms with van der Waals surface area (Å²) >= 11 is 0. The molecule has 2 heteroatoms. The molecule has 0 fully saturated rings. The number of fused-ring (bicyclic) bond motifs is 1. The van der Waals surface area contributed by atoms with Crippen molar-refractivity contribution in [2.24, 2.45) is 0 Å². The van der Waals surface area contributed by atoms with E-state index in [0.717, 1.165) is 25.6 Å². The summed E-state index contributed by atoms with van der Waals surface area (Å²) in [5, 5.41) is 0. The molecule has 1 aromatic carbocycles. The van der Waals surface area contributed by atoms with E-state index in [1.54, 1.807) is 0 Å². The van der Waals surface area contributed by atoms with Crippen LogP contribution in [0.15, 0.2) is 18.2 Å². The van der Waals surface area contributed by atoms with Crippen molar-refractivity contribution in [1.82, 2.24) is 4.90 Å². The number of hydrogen-bond acceptors (Lipinski definition) is 2. The van der Waals surface area contributed by atoms with Crippen molar-refractivity contribution in [2.45, 2.75) is 104 Å². The van der Waals surface area contributed by atoms with E-state index < -0.39 is 0 Å². The minimum atomic E-state index is 0.202. The smallest absolute Gasteiger partial charge is 0.142 e. The lowest BCUT2D eigenvalue weighted by Crippen LogP contribution is -2.33. The maximum Gasteiger partial charge on any atom is 0.142 e. The van der Waals surface area contributed by atoms with Gasteiger partial charge >= 0.3 is 0 Å². The summed E-state index contributed by atoms with van der Waals surface area (Å²) in [5.41, 5.74) is 2.96. The Morgan fingerprint density at radius 1 is 0.885 bits per heavy atom. The molecule has 0 radical (unpaired) electrons. The molecule has 0 spiro atoms. The SMILES string of the molecule is CCCCCCCCCCCCN1COc2ccc(C(C)(C)C)cc2C1. The molecule has 2 rings (SSSR count). The summed E-state index contributed by atoms with van der Waals surface area (Å²) < 4.78 is 5.97. The van der Waals surface area contributed by atoms with E-state index in [4.69, 9.17) is 4.74 Å². The van der Waals surface area contributed by atoms with Crippen LogP contribution in [0, 0.1) is 0 Å². The Kier molecular flexibility index (Phi) is 8.98. The van der Waals surface area contributed by atoms with Crippen LogP contribution in [0.5, 0.6) is 5.75 Å². The van der Waals surface area contributed by atoms with Crippen LogP contribution in [0.4, 0.5) is 0 Å². The molecule has 0 unspecified atom stereocenters. The van der Waals surface area contributed by atoms with Crippen molar-refractivity contribution in [3.63, 3.8) is 0 Å². The molecule has 0 N–H and O–H groups in total. The predicted octanol–water partition coefficient (Wildman–Crippen LogP) is 7.06. The first-order valence-corrected chi connectivity index (χ1v) is 11.0. The van der Waals surface area contributed by atoms with E-state index in [1.165, 1.54) is 75.3 Å². The van der Waals surface area contributed by atoms with Crippen molar-refractivity contribution < 1.29 is 4.74 Å². The molecule has 0 aliphatic carbocycles. The van der Waals surface area contributed by atoms with Gasteiger partial charge in [0.25, 0.3) is 0 Å². The summed E-state index contributed by atoms with van der Waals surface area (Å²) in [5.74, 6) is 1.08. The van der Waals surface area contributed by atoms with Crippen molar-refractivity contribution in [1.29, 1.82) is 0 Å². The standard InChI is InChI=1S/C24H41NO/c1-5-6-7-8-9-10-11-12-13-14-17-25-19-21-18-22(24(2,3)4)15-16-23(21)26-20-25/h15-16,18H,5-14,17,19-20H2,1-4H3. The van der Waals surface area contributed by atoms with Crippen molar-refractivity contribution in [3.8, 4) is 5.75 Å². The maximum atomic E-state index is 5.97. The van der Waals surface area contributed by atoms with Crippen LogP contribution >= 0.6 is 0 Å². The number of hydrogen-bond donors (Lipinski definition) is 0. The number of rotatable bonds is 11. The fraction of sp³-hybridized carbons (Fsp3) is 0.750. The molecule has 0 atom stereocenters. The fourth-order valence-electron chi connectivity index (χ4n) is 3.72. The van der Waals surface area contributed by atoms with Gasteiger partial charge in [0.2, 0.25) is 0 Å². The highest BCUT2D eigenvalue weighted by Gasteiger charge is 2.20. The zero-order valence-electron chi connectivity index (χ0n) is 17.8. The Morgan fingerprint density at radius 3 is 2.12 bits per heavy atom. The highest BCUT2D eigenvalue weighted by atomic mass is 16.5. The topological polar surface area (TPSA) is 12.5 Å². The molecule has 1 aromatic rings. The van der Waals surface area contributed by atoms with Crippen LogP contribution in [0.2, 0.25) is 0 Å². The van der Waals surface area contributed by atoms with Crippen LogP contribution in [-0.4, -0.2) is 18.2 Å². The van der Waals surface area contributed by atoms with Gasteiger partial charge in [0, 0.05) is 18.7 Å². The molecule has 1 aliphatic heterocycles. The summed E-state index contributed by atoms with van der Waals surface area (Å²) in [4.78, 5) is 2.46. The van der Waals surface area contributed by atoms with Gasteiger partial charge in [-0.1, -0.05) is 97.6 Å². The number of unbranched alkanes of at least 4 members (excludes halogenated alkanes) is 9. The molecule has 0 saturated carbocycles. The quantitative estimate of drug-likeness (QED) is 0.392. The van der Waals surface area contributed by atoms with E-state index in [9.17, 15) is 0 Å². The van der Waals surface area contributed by atoms with E-state index in [1.807, 2.05) is 0 Å². The lowest BCUT2D eigenvalue weighted by molar-refractivity contribution is 0.0933. The molecule has 0 aromatic heterocycles. The summed E-state index contributed by atoms with van der Waals surface area (Å²) in [6, 6.07) is 6.73. The van der Waals surface area contributed by atoms with Crippen LogP contribution < -0.4 is 4.74 Å². The summed E-state index contributed by atoms with van der Waals surface area (Å²) in [6.45, 7) is 12.1. The highest BCUT2D eigenvalue weighted by Crippen LogP contribution is 2.31. The van der Waals surface area contributed by atoms with Crippen molar-refractivity contribution in [3.05, 3.63) is 29.3 Å². The number of ether oxygens (including phenoxy) is 1. The minimum absolute atomic E-state index is 0.202. The van der Waals surface area contributed by atoms with Gasteiger partial charge in [-0.3, -0.25) is 4.90 Å². The number of benzene rings is 1. The predicted molar refractivity (Wildman–Crippen MR) is 113 cm³/mol. The monoisotopic (exact) mass is 359 g/mol. The summed E-state index contributed by atoms with van der Waals surface area (Å²) in [6.07, 6.45) is 14.0. The Morgan fingerprint density at radius 2 is 1.50 bits per heavy atom. The van der Waals surface area contributed by atoms with Gasteiger partial charge in [-0.05, 0) is 23.5 Å². The van der Waals surface area contributed by atoms with Gasteiger partial charge in [0.1, 0.15) is 12.5 Å². The normalized spacial score (nSPS) is 14.9. The first-order chi connectivity index (χ1) is 12.5. The molecule has 0 saturated heterocycles. The van der Waals surface area contributed by atoms with Crippen LogP contribution in [0.3, 0.4) is 0 Å². The largest absolute Gasteiger partial charge is 0.478 e. The second kappa shape index (κ2) is 11.0. The zero-order valence-corrected chi connectivity index (χ0v) is 17.8. The van der Waals surface area contributed by atoms with Crippen LogP contribution in [0.25, 0.3) is 0 Å². The summed E-state index contributed by atoms with van der Waals surface area (Å²) in [7, 11) is 0. The molecular weight excluding hydrogens is 318 g/mol. The molecule has 1 heterocycles. The first kappa shape index (κ1) is 21.3. The molecule has 0 bridgehead atoms. The van der Waals surface area contributed by atoms with E-state index >= 15 is 0 Å². The maximum absolute atomic E-state index is 5.97. The third-order valence-corrected chi connectivity index (χ3v) is 5.55. The Labute approximate surface area is 162 Å². The first-order valence-electron chi connectivity index (χ1n) is 11.0. The van der Waals surface area contributed by atoms with Gasteiger partial charge in [-0.15, -0.1) is 0 Å². The van der Waals surface area contributed by atoms with E-state index in [2.05, 4.69) is 50.8 Å². The molecule has 2 nitrogen and oxygen atoms in total. The second-order valence-corrected chi connectivity index (χ2v) is 9.08. The lowest BCUT2D eigenvalue weighted by atomic mass is 9.86. The molecular formula is C24H41NO. The van der Waals surface area contributed by atoms with Crippen LogP contribution in [0.1, 0.15) is 103 Å². The molecule has 148 valence electrons. The molecule has 1 aliphatic rings. The average molecular weight is 360 g/mol. The second-order valence-electron chi connectivity index (χ2n) is 9.08. The van der Waals surface area contributed by atoms with Gasteiger partial charge < -0.3 is 4.74 Å². The Hall–Kier alpha value is -1.02. The molecule has 0 amide bonds. The van der Waals surface area contributed by atoms with Gasteiger partial charge in [-0.2, -0.15) is 0 Å². The lowest BCUT2D eigenvalue weighted by Gasteiger charge is -2.30. The van der Waals surface area contributed by atoms with Gasteiger partial charge in [0.05, 0.1) is 0 Å². The van der Waals surface area contributed by atoms with E-state index in [-0.39, 0.29) is 5.41 Å². The Balaban J connectivity index is 1.61. The highest BCUT2D eigenvalue weighted by molar-refractivity contribution is 5.40. The van der Waals surface area contributed by atoms with Crippen molar-refractivity contribution >= 4 is 0 Å². The average Bonchev–Trinajstić information content (AvgIpc) is 2.62.